The Morgan fingerprint density at radius 2 is 1.90 bits per heavy atom. The predicted octanol–water partition coefficient (Wildman–Crippen LogP) is 4.00. The number of H-pyrrole nitrogens is 1. The van der Waals surface area contributed by atoms with E-state index in [-0.39, 0.29) is 11.2 Å². The Morgan fingerprint density at radius 1 is 1.07 bits per heavy atom. The van der Waals surface area contributed by atoms with Gasteiger partial charge in [0.05, 0.1) is 16.0 Å². The molecule has 0 unspecified atom stereocenters. The van der Waals surface area contributed by atoms with Crippen molar-refractivity contribution in [1.82, 2.24) is 24.1 Å². The third kappa shape index (κ3) is 3.89. The summed E-state index contributed by atoms with van der Waals surface area (Å²) in [5.74, 6) is 1.39. The fraction of sp³-hybridized carbons (Fsp3) is 0.400. The molecule has 4 aromatic rings. The van der Waals surface area contributed by atoms with Crippen molar-refractivity contribution in [3.8, 4) is 0 Å². The minimum absolute atomic E-state index is 0.366. The highest BCUT2D eigenvalue weighted by Gasteiger charge is 2.18. The number of imidazole rings is 1. The first-order chi connectivity index (χ1) is 14.1. The summed E-state index contributed by atoms with van der Waals surface area (Å²) in [5, 5.41) is 0. The Morgan fingerprint density at radius 3 is 2.66 bits per heavy atom. The van der Waals surface area contributed by atoms with E-state index in [0.29, 0.717) is 30.0 Å². The zero-order valence-electron chi connectivity index (χ0n) is 16.5. The van der Waals surface area contributed by atoms with E-state index < -0.39 is 0 Å². The summed E-state index contributed by atoms with van der Waals surface area (Å²) in [7, 11) is 0. The van der Waals surface area contributed by atoms with Gasteiger partial charge in [-0.1, -0.05) is 44.2 Å². The maximum atomic E-state index is 12.6. The van der Waals surface area contributed by atoms with Crippen LogP contribution in [-0.4, -0.2) is 24.1 Å². The molecule has 1 N–H and O–H groups in total. The number of nitrogens with zero attached hydrogens (tertiary/aromatic N) is 4. The standard InChI is InChI=1S/C20H23N5O2S2/c1-3-5-11-25-17-16(18(26)23-19(25)27)24(10-4-2)15(22-17)12-28-20-21-13-8-6-7-9-14(13)29-20/h6-9H,3-5,10-12H2,1-2H3,(H,23,26,27). The summed E-state index contributed by atoms with van der Waals surface area (Å²) >= 11 is 3.27. The van der Waals surface area contributed by atoms with Crippen LogP contribution in [-0.2, 0) is 18.8 Å². The number of hydrogen-bond donors (Lipinski definition) is 1. The van der Waals surface area contributed by atoms with Crippen LogP contribution in [0, 0.1) is 0 Å². The van der Waals surface area contributed by atoms with Crippen LogP contribution >= 0.6 is 23.1 Å². The first kappa shape index (κ1) is 19.9. The third-order valence-corrected chi connectivity index (χ3v) is 6.92. The van der Waals surface area contributed by atoms with Gasteiger partial charge in [-0.2, -0.15) is 0 Å². The second kappa shape index (κ2) is 8.54. The number of aromatic amines is 1. The molecule has 1 aromatic carbocycles. The zero-order valence-corrected chi connectivity index (χ0v) is 18.1. The zero-order chi connectivity index (χ0) is 20.4. The van der Waals surface area contributed by atoms with E-state index in [1.807, 2.05) is 22.8 Å². The van der Waals surface area contributed by atoms with Crippen molar-refractivity contribution in [3.63, 3.8) is 0 Å². The summed E-state index contributed by atoms with van der Waals surface area (Å²) in [4.78, 5) is 36.8. The smallest absolute Gasteiger partial charge is 0.321 e. The first-order valence-electron chi connectivity index (χ1n) is 9.83. The fourth-order valence-electron chi connectivity index (χ4n) is 3.36. The second-order valence-corrected chi connectivity index (χ2v) is 9.11. The van der Waals surface area contributed by atoms with Crippen LogP contribution in [0.25, 0.3) is 21.4 Å². The van der Waals surface area contributed by atoms with Crippen LogP contribution < -0.4 is 11.2 Å². The minimum Gasteiger partial charge on any atom is -0.321 e. The number of thioether (sulfide) groups is 1. The van der Waals surface area contributed by atoms with Gasteiger partial charge in [-0.15, -0.1) is 11.3 Å². The molecule has 0 aliphatic heterocycles. The van der Waals surface area contributed by atoms with Crippen LogP contribution in [0.3, 0.4) is 0 Å². The Kier molecular flexibility index (Phi) is 5.86. The van der Waals surface area contributed by atoms with Crippen molar-refractivity contribution in [2.24, 2.45) is 0 Å². The van der Waals surface area contributed by atoms with Gasteiger partial charge in [0.2, 0.25) is 0 Å². The largest absolute Gasteiger partial charge is 0.330 e. The molecule has 3 heterocycles. The van der Waals surface area contributed by atoms with Gasteiger partial charge >= 0.3 is 5.69 Å². The van der Waals surface area contributed by atoms with E-state index >= 15 is 0 Å². The lowest BCUT2D eigenvalue weighted by atomic mass is 10.3. The van der Waals surface area contributed by atoms with Gasteiger partial charge in [0.15, 0.2) is 15.5 Å². The topological polar surface area (TPSA) is 85.6 Å². The molecule has 3 aromatic heterocycles. The molecule has 0 aliphatic rings. The number of thiazole rings is 1. The molecule has 4 rings (SSSR count). The molecule has 0 bridgehead atoms. The van der Waals surface area contributed by atoms with Crippen molar-refractivity contribution in [2.45, 2.75) is 56.3 Å². The van der Waals surface area contributed by atoms with Crippen LogP contribution in [0.15, 0.2) is 38.2 Å². The van der Waals surface area contributed by atoms with Crippen LogP contribution in [0.1, 0.15) is 38.9 Å². The molecule has 152 valence electrons. The molecule has 7 nitrogen and oxygen atoms in total. The number of nitrogens with one attached hydrogen (secondary N) is 1. The summed E-state index contributed by atoms with van der Waals surface area (Å²) in [5.41, 5.74) is 1.22. The summed E-state index contributed by atoms with van der Waals surface area (Å²) < 4.78 is 5.68. The SMILES string of the molecule is CCCCn1c(=O)[nH]c(=O)c2c1nc(CSc1nc3ccccc3s1)n2CCC. The van der Waals surface area contributed by atoms with Gasteiger partial charge in [0.1, 0.15) is 5.82 Å². The van der Waals surface area contributed by atoms with Gasteiger partial charge in [0.25, 0.3) is 5.56 Å². The van der Waals surface area contributed by atoms with Crippen molar-refractivity contribution >= 4 is 44.5 Å². The van der Waals surface area contributed by atoms with Crippen LogP contribution in [0.4, 0.5) is 0 Å². The van der Waals surface area contributed by atoms with Gasteiger partial charge in [0, 0.05) is 13.1 Å². The van der Waals surface area contributed by atoms with Crippen molar-refractivity contribution < 1.29 is 0 Å². The van der Waals surface area contributed by atoms with Crippen molar-refractivity contribution in [3.05, 3.63) is 50.9 Å². The van der Waals surface area contributed by atoms with Crippen LogP contribution in [0.2, 0.25) is 0 Å². The molecule has 0 saturated heterocycles. The maximum absolute atomic E-state index is 12.6. The molecular formula is C20H23N5O2S2. The first-order valence-corrected chi connectivity index (χ1v) is 11.6. The van der Waals surface area contributed by atoms with E-state index in [9.17, 15) is 9.59 Å². The maximum Gasteiger partial charge on any atom is 0.330 e. The van der Waals surface area contributed by atoms with E-state index in [1.54, 1.807) is 27.7 Å². The van der Waals surface area contributed by atoms with Gasteiger partial charge in [-0.05, 0) is 25.0 Å². The highest BCUT2D eigenvalue weighted by Crippen LogP contribution is 2.31. The average Bonchev–Trinajstić information content (AvgIpc) is 3.28. The predicted molar refractivity (Wildman–Crippen MR) is 119 cm³/mol. The lowest BCUT2D eigenvalue weighted by molar-refractivity contribution is 0.612. The molecular weight excluding hydrogens is 406 g/mol. The summed E-state index contributed by atoms with van der Waals surface area (Å²) in [6, 6.07) is 8.07. The number of aryl methyl sites for hydroxylation is 2. The van der Waals surface area contributed by atoms with E-state index in [0.717, 1.165) is 39.6 Å². The molecule has 0 atom stereocenters. The number of benzene rings is 1. The number of aromatic nitrogens is 5. The number of para-hydroxylation sites is 1. The summed E-state index contributed by atoms with van der Waals surface area (Å²) in [6.45, 7) is 5.37. The normalized spacial score (nSPS) is 11.7. The molecule has 0 spiro atoms. The summed E-state index contributed by atoms with van der Waals surface area (Å²) in [6.07, 6.45) is 2.69. The Labute approximate surface area is 175 Å². The highest BCUT2D eigenvalue weighted by molar-refractivity contribution is 8.00. The highest BCUT2D eigenvalue weighted by atomic mass is 32.2. The number of hydrogen-bond acceptors (Lipinski definition) is 6. The monoisotopic (exact) mass is 429 g/mol. The third-order valence-electron chi connectivity index (χ3n) is 4.75. The van der Waals surface area contributed by atoms with E-state index in [1.165, 1.54) is 0 Å². The second-order valence-electron chi connectivity index (χ2n) is 6.85. The van der Waals surface area contributed by atoms with Crippen molar-refractivity contribution in [1.29, 1.82) is 0 Å². The Bertz CT molecular complexity index is 1230. The lowest BCUT2D eigenvalue weighted by Gasteiger charge is -2.07. The van der Waals surface area contributed by atoms with Crippen LogP contribution in [0.5, 0.6) is 0 Å². The van der Waals surface area contributed by atoms with Crippen molar-refractivity contribution in [2.75, 3.05) is 0 Å². The quantitative estimate of drug-likeness (QED) is 0.428. The molecule has 0 radical (unpaired) electrons. The van der Waals surface area contributed by atoms with E-state index in [4.69, 9.17) is 4.98 Å². The molecule has 9 heteroatoms. The average molecular weight is 430 g/mol. The molecule has 0 amide bonds. The van der Waals surface area contributed by atoms with Gasteiger partial charge in [-0.25, -0.2) is 14.8 Å². The Balaban J connectivity index is 1.74. The molecule has 0 fully saturated rings. The minimum atomic E-state index is -0.387. The molecule has 0 saturated carbocycles. The van der Waals surface area contributed by atoms with E-state index in [2.05, 4.69) is 29.9 Å². The Hall–Kier alpha value is -2.39. The number of unbranched alkanes of at least 4 members (excludes halogenated alkanes) is 1. The van der Waals surface area contributed by atoms with Gasteiger partial charge < -0.3 is 4.57 Å². The number of rotatable bonds is 8. The molecule has 29 heavy (non-hydrogen) atoms. The lowest BCUT2D eigenvalue weighted by Crippen LogP contribution is -2.31. The molecule has 0 aliphatic carbocycles. The van der Waals surface area contributed by atoms with Gasteiger partial charge in [-0.3, -0.25) is 14.3 Å². The number of fused-ring (bicyclic) bond motifs is 2. The fourth-order valence-corrected chi connectivity index (χ4v) is 5.37.